The predicted molar refractivity (Wildman–Crippen MR) is 68.1 cm³/mol. The number of nitrogens with zero attached hydrogens (tertiary/aromatic N) is 1. The van der Waals surface area contributed by atoms with Crippen molar-refractivity contribution < 1.29 is 12.8 Å². The molecule has 0 radical (unpaired) electrons. The first-order chi connectivity index (χ1) is 7.49. The number of hydrogen-bond donors (Lipinski definition) is 0. The van der Waals surface area contributed by atoms with Gasteiger partial charge < -0.3 is 0 Å². The standard InChI is InChI=1S/C9H10FNO2S3/c1-14-9(15-2)11-16(12,13)8-5-3-4-7(10)6-8/h3-6H,1-2H3. The summed E-state index contributed by atoms with van der Waals surface area (Å²) in [5.41, 5.74) is 0. The van der Waals surface area contributed by atoms with Gasteiger partial charge >= 0.3 is 0 Å². The van der Waals surface area contributed by atoms with E-state index in [0.717, 1.165) is 6.07 Å². The van der Waals surface area contributed by atoms with Gasteiger partial charge in [0.2, 0.25) is 0 Å². The summed E-state index contributed by atoms with van der Waals surface area (Å²) in [7, 11) is -3.80. The van der Waals surface area contributed by atoms with Gasteiger partial charge in [-0.2, -0.15) is 8.42 Å². The van der Waals surface area contributed by atoms with Gasteiger partial charge in [0.1, 0.15) is 10.2 Å². The first-order valence-electron chi connectivity index (χ1n) is 4.18. The van der Waals surface area contributed by atoms with Crippen molar-refractivity contribution in [3.63, 3.8) is 0 Å². The zero-order chi connectivity index (χ0) is 12.2. The lowest BCUT2D eigenvalue weighted by Crippen LogP contribution is -2.00. The first-order valence-corrected chi connectivity index (χ1v) is 8.07. The largest absolute Gasteiger partial charge is 0.283 e. The quantitative estimate of drug-likeness (QED) is 0.616. The molecule has 0 aliphatic rings. The molecule has 0 aliphatic heterocycles. The van der Waals surface area contributed by atoms with Gasteiger partial charge in [-0.1, -0.05) is 6.07 Å². The minimum absolute atomic E-state index is 0.131. The molecule has 0 fully saturated rings. The van der Waals surface area contributed by atoms with Crippen molar-refractivity contribution in [2.75, 3.05) is 12.5 Å². The molecule has 0 amide bonds. The SMILES string of the molecule is CSC(=NS(=O)(=O)c1cccc(F)c1)SC. The number of thioether (sulfide) groups is 2. The number of hydrogen-bond acceptors (Lipinski definition) is 4. The summed E-state index contributed by atoms with van der Waals surface area (Å²) in [6, 6.07) is 4.81. The van der Waals surface area contributed by atoms with Gasteiger partial charge in [0.05, 0.1) is 4.90 Å². The van der Waals surface area contributed by atoms with Gasteiger partial charge in [0.15, 0.2) is 0 Å². The van der Waals surface area contributed by atoms with E-state index in [2.05, 4.69) is 4.40 Å². The molecule has 3 nitrogen and oxygen atoms in total. The number of sulfonamides is 1. The maximum Gasteiger partial charge on any atom is 0.283 e. The molecule has 0 bridgehead atoms. The van der Waals surface area contributed by atoms with E-state index in [1.54, 1.807) is 12.5 Å². The first kappa shape index (κ1) is 13.5. The van der Waals surface area contributed by atoms with Crippen LogP contribution < -0.4 is 0 Å². The molecule has 7 heteroatoms. The average molecular weight is 279 g/mol. The third kappa shape index (κ3) is 3.50. The molecule has 0 aliphatic carbocycles. The van der Waals surface area contributed by atoms with Crippen LogP contribution in [0.1, 0.15) is 0 Å². The summed E-state index contributed by atoms with van der Waals surface area (Å²) in [4.78, 5) is -0.131. The van der Waals surface area contributed by atoms with E-state index in [1.165, 1.54) is 41.7 Å². The molecule has 88 valence electrons. The zero-order valence-corrected chi connectivity index (χ0v) is 11.1. The minimum Gasteiger partial charge on any atom is -0.207 e. The Hall–Kier alpha value is -0.530. The molecule has 16 heavy (non-hydrogen) atoms. The van der Waals surface area contributed by atoms with Crippen molar-refractivity contribution in [1.29, 1.82) is 0 Å². The highest BCUT2D eigenvalue weighted by atomic mass is 32.2. The second-order valence-corrected chi connectivity index (χ2v) is 6.15. The van der Waals surface area contributed by atoms with Crippen LogP contribution in [0.25, 0.3) is 0 Å². The number of benzene rings is 1. The molecule has 1 aromatic carbocycles. The molecule has 1 aromatic rings. The highest BCUT2D eigenvalue weighted by Gasteiger charge is 2.14. The summed E-state index contributed by atoms with van der Waals surface area (Å²) < 4.78 is 40.4. The predicted octanol–water partition coefficient (Wildman–Crippen LogP) is 2.60. The van der Waals surface area contributed by atoms with Crippen LogP contribution in [0, 0.1) is 5.82 Å². The Morgan fingerprint density at radius 3 is 2.44 bits per heavy atom. The highest BCUT2D eigenvalue weighted by Crippen LogP contribution is 2.18. The van der Waals surface area contributed by atoms with E-state index in [1.807, 2.05) is 0 Å². The summed E-state index contributed by atoms with van der Waals surface area (Å²) in [5.74, 6) is -0.592. The van der Waals surface area contributed by atoms with Crippen molar-refractivity contribution in [3.8, 4) is 0 Å². The van der Waals surface area contributed by atoms with Gasteiger partial charge in [-0.25, -0.2) is 4.39 Å². The maximum absolute atomic E-state index is 12.9. The van der Waals surface area contributed by atoms with E-state index < -0.39 is 15.8 Å². The third-order valence-electron chi connectivity index (χ3n) is 1.64. The molecular weight excluding hydrogens is 269 g/mol. The maximum atomic E-state index is 12.9. The van der Waals surface area contributed by atoms with Crippen molar-refractivity contribution in [2.45, 2.75) is 4.90 Å². The second-order valence-electron chi connectivity index (χ2n) is 2.70. The van der Waals surface area contributed by atoms with Crippen LogP contribution in [0.2, 0.25) is 0 Å². The molecule has 0 saturated carbocycles. The molecular formula is C9H10FNO2S3. The molecule has 0 spiro atoms. The lowest BCUT2D eigenvalue weighted by atomic mass is 10.4. The Bertz CT molecular complexity index is 493. The number of halogens is 1. The Balaban J connectivity index is 3.17. The molecule has 0 aromatic heterocycles. The zero-order valence-electron chi connectivity index (χ0n) is 8.68. The molecule has 1 rings (SSSR count). The van der Waals surface area contributed by atoms with Crippen LogP contribution in [0.4, 0.5) is 4.39 Å². The van der Waals surface area contributed by atoms with Crippen molar-refractivity contribution in [2.24, 2.45) is 4.40 Å². The van der Waals surface area contributed by atoms with Gasteiger partial charge in [-0.05, 0) is 30.7 Å². The van der Waals surface area contributed by atoms with Gasteiger partial charge in [-0.3, -0.25) is 0 Å². The van der Waals surface area contributed by atoms with E-state index >= 15 is 0 Å². The van der Waals surface area contributed by atoms with Crippen LogP contribution in [0.3, 0.4) is 0 Å². The van der Waals surface area contributed by atoms with Crippen LogP contribution >= 0.6 is 23.5 Å². The molecule has 0 N–H and O–H groups in total. The molecule has 0 saturated heterocycles. The third-order valence-corrected chi connectivity index (χ3v) is 5.02. The fourth-order valence-corrected chi connectivity index (χ4v) is 3.60. The Morgan fingerprint density at radius 2 is 1.94 bits per heavy atom. The smallest absolute Gasteiger partial charge is 0.207 e. The Kier molecular flexibility index (Phi) is 4.82. The Labute approximate surface area is 103 Å². The highest BCUT2D eigenvalue weighted by molar-refractivity contribution is 8.38. The summed E-state index contributed by atoms with van der Waals surface area (Å²) in [6.07, 6.45) is 3.47. The normalized spacial score (nSPS) is 11.2. The summed E-state index contributed by atoms with van der Waals surface area (Å²) >= 11 is 2.47. The van der Waals surface area contributed by atoms with Gasteiger partial charge in [0.25, 0.3) is 10.0 Å². The van der Waals surface area contributed by atoms with Crippen LogP contribution in [0.15, 0.2) is 33.6 Å². The second kappa shape index (κ2) is 5.70. The average Bonchev–Trinajstić information content (AvgIpc) is 2.26. The van der Waals surface area contributed by atoms with Crippen LogP contribution in [0.5, 0.6) is 0 Å². The van der Waals surface area contributed by atoms with Crippen LogP contribution in [-0.4, -0.2) is 25.3 Å². The van der Waals surface area contributed by atoms with Crippen LogP contribution in [-0.2, 0) is 10.0 Å². The van der Waals surface area contributed by atoms with E-state index in [4.69, 9.17) is 0 Å². The molecule has 0 unspecified atom stereocenters. The van der Waals surface area contributed by atoms with Crippen molar-refractivity contribution >= 4 is 37.9 Å². The van der Waals surface area contributed by atoms with Gasteiger partial charge in [0, 0.05) is 0 Å². The minimum atomic E-state index is -3.80. The summed E-state index contributed by atoms with van der Waals surface area (Å²) in [5, 5.41) is 0. The number of rotatable bonds is 2. The summed E-state index contributed by atoms with van der Waals surface area (Å²) in [6.45, 7) is 0. The topological polar surface area (TPSA) is 46.5 Å². The van der Waals surface area contributed by atoms with E-state index in [9.17, 15) is 12.8 Å². The molecule has 0 atom stereocenters. The van der Waals surface area contributed by atoms with Crippen molar-refractivity contribution in [1.82, 2.24) is 0 Å². The lowest BCUT2D eigenvalue weighted by molar-refractivity contribution is 0.592. The lowest BCUT2D eigenvalue weighted by Gasteiger charge is -2.01. The molecule has 0 heterocycles. The fourth-order valence-electron chi connectivity index (χ4n) is 0.936. The fraction of sp³-hybridized carbons (Fsp3) is 0.222. The Morgan fingerprint density at radius 1 is 1.31 bits per heavy atom. The van der Waals surface area contributed by atoms with E-state index in [0.29, 0.717) is 4.38 Å². The van der Waals surface area contributed by atoms with E-state index in [-0.39, 0.29) is 4.90 Å². The monoisotopic (exact) mass is 279 g/mol. The van der Waals surface area contributed by atoms with Gasteiger partial charge in [-0.15, -0.1) is 27.9 Å². The van der Waals surface area contributed by atoms with Crippen molar-refractivity contribution in [3.05, 3.63) is 30.1 Å².